The third kappa shape index (κ3) is 5.81. The van der Waals surface area contributed by atoms with Crippen LogP contribution >= 0.6 is 11.6 Å². The van der Waals surface area contributed by atoms with Gasteiger partial charge in [-0.2, -0.15) is 26.3 Å². The van der Waals surface area contributed by atoms with Crippen molar-refractivity contribution in [3.05, 3.63) is 69.7 Å². The predicted molar refractivity (Wildman–Crippen MR) is 124 cm³/mol. The van der Waals surface area contributed by atoms with Crippen molar-refractivity contribution in [1.82, 2.24) is 14.7 Å². The second-order valence-electron chi connectivity index (χ2n) is 9.37. The van der Waals surface area contributed by atoms with Crippen LogP contribution in [0.4, 0.5) is 26.3 Å². The number of likely N-dealkylation sites (tertiary alicyclic amines) is 1. The highest BCUT2D eigenvalue weighted by Gasteiger charge is 2.40. The zero-order chi connectivity index (χ0) is 26.3. The number of benzene rings is 2. The summed E-state index contributed by atoms with van der Waals surface area (Å²) in [5, 5.41) is 0.509. The van der Waals surface area contributed by atoms with Crippen LogP contribution in [0.25, 0.3) is 0 Å². The Kier molecular flexibility index (Phi) is 7.60. The number of hydrogen-bond acceptors (Lipinski definition) is 3. The van der Waals surface area contributed by atoms with Gasteiger partial charge in [0.05, 0.1) is 11.1 Å². The molecule has 2 fully saturated rings. The van der Waals surface area contributed by atoms with Crippen molar-refractivity contribution in [2.75, 3.05) is 46.3 Å². The van der Waals surface area contributed by atoms with Crippen molar-refractivity contribution >= 4 is 17.5 Å². The summed E-state index contributed by atoms with van der Waals surface area (Å²) in [7, 11) is 2.04. The van der Waals surface area contributed by atoms with Crippen molar-refractivity contribution in [2.24, 2.45) is 0 Å². The Morgan fingerprint density at radius 2 is 1.47 bits per heavy atom. The minimum absolute atomic E-state index is 0.0307. The molecule has 0 unspecified atom stereocenters. The normalized spacial score (nSPS) is 22.6. The van der Waals surface area contributed by atoms with Crippen LogP contribution < -0.4 is 0 Å². The highest BCUT2D eigenvalue weighted by Crippen LogP contribution is 2.38. The van der Waals surface area contributed by atoms with Gasteiger partial charge in [0.1, 0.15) is 0 Å². The van der Waals surface area contributed by atoms with Crippen LogP contribution in [-0.4, -0.2) is 73.0 Å². The van der Waals surface area contributed by atoms with Gasteiger partial charge in [0.15, 0.2) is 0 Å². The Balaban J connectivity index is 1.66. The molecule has 2 aromatic carbocycles. The monoisotopic (exact) mass is 533 g/mol. The fourth-order valence-electron chi connectivity index (χ4n) is 5.06. The van der Waals surface area contributed by atoms with Gasteiger partial charge in [0, 0.05) is 61.8 Å². The number of alkyl halides is 6. The molecule has 2 saturated heterocycles. The molecule has 2 aliphatic heterocycles. The average Bonchev–Trinajstić information content (AvgIpc) is 2.83. The van der Waals surface area contributed by atoms with Gasteiger partial charge in [-0.15, -0.1) is 0 Å². The Labute approximate surface area is 210 Å². The molecule has 4 rings (SSSR count). The van der Waals surface area contributed by atoms with E-state index in [1.165, 1.54) is 4.90 Å². The van der Waals surface area contributed by atoms with Crippen LogP contribution in [0.1, 0.15) is 39.4 Å². The van der Waals surface area contributed by atoms with Crippen molar-refractivity contribution in [1.29, 1.82) is 0 Å². The molecule has 0 bridgehead atoms. The zero-order valence-electron chi connectivity index (χ0n) is 19.5. The third-order valence-electron chi connectivity index (χ3n) is 7.01. The number of likely N-dealkylation sites (N-methyl/N-ethyl adjacent to an activating group) is 1. The maximum absolute atomic E-state index is 13.3. The largest absolute Gasteiger partial charge is 0.416 e. The second-order valence-corrected chi connectivity index (χ2v) is 9.78. The molecular formula is C25H26ClF6N3O. The zero-order valence-corrected chi connectivity index (χ0v) is 20.3. The summed E-state index contributed by atoms with van der Waals surface area (Å²) in [6, 6.07) is 8.26. The van der Waals surface area contributed by atoms with E-state index in [-0.39, 0.29) is 31.1 Å². The lowest BCUT2D eigenvalue weighted by Gasteiger charge is -2.46. The number of carbonyl (C=O) groups excluding carboxylic acids is 1. The summed E-state index contributed by atoms with van der Waals surface area (Å²) in [4.78, 5) is 19.2. The third-order valence-corrected chi connectivity index (χ3v) is 7.35. The van der Waals surface area contributed by atoms with E-state index >= 15 is 0 Å². The van der Waals surface area contributed by atoms with Crippen LogP contribution in [0.2, 0.25) is 5.02 Å². The molecule has 0 radical (unpaired) electrons. The molecule has 4 nitrogen and oxygen atoms in total. The summed E-state index contributed by atoms with van der Waals surface area (Å²) < 4.78 is 80.0. The van der Waals surface area contributed by atoms with E-state index in [4.69, 9.17) is 11.6 Å². The molecule has 1 amide bonds. The number of hydrogen-bond donors (Lipinski definition) is 0. The molecule has 0 saturated carbocycles. The molecule has 0 N–H and O–H groups in total. The lowest BCUT2D eigenvalue weighted by Crippen LogP contribution is -2.56. The summed E-state index contributed by atoms with van der Waals surface area (Å²) in [6.45, 7) is 3.74. The van der Waals surface area contributed by atoms with Gasteiger partial charge in [-0.3, -0.25) is 9.69 Å². The summed E-state index contributed by atoms with van der Waals surface area (Å²) in [5.41, 5.74) is -2.83. The first-order chi connectivity index (χ1) is 16.8. The number of halogens is 7. The van der Waals surface area contributed by atoms with E-state index in [1.807, 2.05) is 19.2 Å². The first kappa shape index (κ1) is 26.8. The SMILES string of the molecule is CN1CCN([C@H]2CCN(C(=O)c3cc(C(F)(F)F)cc(C(F)(F)F)c3)C[C@H]2c2ccccc2Cl)CC1. The molecule has 0 spiro atoms. The van der Waals surface area contributed by atoms with Crippen LogP contribution in [0.5, 0.6) is 0 Å². The number of amides is 1. The molecule has 11 heteroatoms. The fraction of sp³-hybridized carbons (Fsp3) is 0.480. The van der Waals surface area contributed by atoms with Crippen LogP contribution in [0.3, 0.4) is 0 Å². The molecular weight excluding hydrogens is 508 g/mol. The molecule has 2 heterocycles. The Morgan fingerprint density at radius 1 is 0.889 bits per heavy atom. The van der Waals surface area contributed by atoms with Gasteiger partial charge < -0.3 is 9.80 Å². The molecule has 2 aliphatic rings. The first-order valence-corrected chi connectivity index (χ1v) is 12.0. The quantitative estimate of drug-likeness (QED) is 0.479. The minimum Gasteiger partial charge on any atom is -0.338 e. The van der Waals surface area contributed by atoms with E-state index in [0.717, 1.165) is 31.7 Å². The maximum atomic E-state index is 13.3. The van der Waals surface area contributed by atoms with Gasteiger partial charge in [0.2, 0.25) is 0 Å². The van der Waals surface area contributed by atoms with Gasteiger partial charge >= 0.3 is 12.4 Å². The molecule has 36 heavy (non-hydrogen) atoms. The number of piperidine rings is 1. The minimum atomic E-state index is -5.02. The molecule has 2 aromatic rings. The second kappa shape index (κ2) is 10.2. The van der Waals surface area contributed by atoms with Crippen LogP contribution in [-0.2, 0) is 12.4 Å². The highest BCUT2D eigenvalue weighted by atomic mass is 35.5. The maximum Gasteiger partial charge on any atom is 0.416 e. The molecule has 196 valence electrons. The lowest BCUT2D eigenvalue weighted by molar-refractivity contribution is -0.143. The summed E-state index contributed by atoms with van der Waals surface area (Å²) in [5.74, 6) is -1.10. The Morgan fingerprint density at radius 3 is 2.03 bits per heavy atom. The van der Waals surface area contributed by atoms with Gasteiger partial charge in [-0.05, 0) is 43.3 Å². The van der Waals surface area contributed by atoms with Crippen molar-refractivity contribution < 1.29 is 31.1 Å². The highest BCUT2D eigenvalue weighted by molar-refractivity contribution is 6.31. The molecule has 2 atom stereocenters. The van der Waals surface area contributed by atoms with Crippen LogP contribution in [0, 0.1) is 0 Å². The smallest absolute Gasteiger partial charge is 0.338 e. The topological polar surface area (TPSA) is 26.8 Å². The first-order valence-electron chi connectivity index (χ1n) is 11.6. The predicted octanol–water partition coefficient (Wildman–Crippen LogP) is 5.62. The summed E-state index contributed by atoms with van der Waals surface area (Å²) in [6.07, 6.45) is -9.52. The van der Waals surface area contributed by atoms with E-state index in [9.17, 15) is 31.1 Å². The van der Waals surface area contributed by atoms with Crippen LogP contribution in [0.15, 0.2) is 42.5 Å². The fourth-order valence-corrected chi connectivity index (χ4v) is 5.33. The lowest BCUT2D eigenvalue weighted by atomic mass is 9.84. The number of carbonyl (C=O) groups is 1. The Hall–Kier alpha value is -2.30. The van der Waals surface area contributed by atoms with Gasteiger partial charge in [-0.1, -0.05) is 29.8 Å². The standard InChI is InChI=1S/C25H26ClF6N3O/c1-33-8-10-34(11-9-33)22-6-7-35(15-20(22)19-4-2-3-5-21(19)26)23(36)16-12-17(24(27,28)29)14-18(13-16)25(30,31)32/h2-5,12-14,20,22H,6-11,15H2,1H3/t20-,22-/m0/s1. The Bertz CT molecular complexity index is 1070. The van der Waals surface area contributed by atoms with Gasteiger partial charge in [-0.25, -0.2) is 0 Å². The number of piperazine rings is 1. The average molecular weight is 534 g/mol. The van der Waals surface area contributed by atoms with E-state index in [0.29, 0.717) is 23.6 Å². The number of rotatable bonds is 3. The number of nitrogens with zero attached hydrogens (tertiary/aromatic N) is 3. The molecule has 0 aromatic heterocycles. The molecule has 0 aliphatic carbocycles. The van der Waals surface area contributed by atoms with Crippen molar-refractivity contribution in [3.8, 4) is 0 Å². The van der Waals surface area contributed by atoms with E-state index in [2.05, 4.69) is 9.80 Å². The van der Waals surface area contributed by atoms with Crippen molar-refractivity contribution in [2.45, 2.75) is 30.7 Å². The van der Waals surface area contributed by atoms with E-state index in [1.54, 1.807) is 12.1 Å². The van der Waals surface area contributed by atoms with E-state index < -0.39 is 35.0 Å². The summed E-state index contributed by atoms with van der Waals surface area (Å²) >= 11 is 6.49. The van der Waals surface area contributed by atoms with Gasteiger partial charge in [0.25, 0.3) is 5.91 Å². The van der Waals surface area contributed by atoms with Crippen molar-refractivity contribution in [3.63, 3.8) is 0 Å².